The van der Waals surface area contributed by atoms with Crippen LogP contribution in [0.25, 0.3) is 0 Å². The van der Waals surface area contributed by atoms with Crippen molar-refractivity contribution in [1.82, 2.24) is 9.62 Å². The van der Waals surface area contributed by atoms with Crippen LogP contribution in [-0.2, 0) is 16.6 Å². The Hall–Kier alpha value is -0.850. The standard InChI is InChI=1S/C12H22N2O3S/c1-3-13-8-6-10-18(15,16)14(4-2)11-12-7-5-9-17-12/h5,7,9,13H,3-4,6,8,10-11H2,1-2H3. The van der Waals surface area contributed by atoms with Gasteiger partial charge in [0.15, 0.2) is 0 Å². The van der Waals surface area contributed by atoms with E-state index in [9.17, 15) is 8.42 Å². The summed E-state index contributed by atoms with van der Waals surface area (Å²) in [6.45, 7) is 6.21. The lowest BCUT2D eigenvalue weighted by Crippen LogP contribution is -2.33. The Kier molecular flexibility index (Phi) is 6.38. The number of sulfonamides is 1. The summed E-state index contributed by atoms with van der Waals surface area (Å²) in [4.78, 5) is 0. The van der Waals surface area contributed by atoms with E-state index < -0.39 is 10.0 Å². The quantitative estimate of drug-likeness (QED) is 0.692. The van der Waals surface area contributed by atoms with E-state index in [1.807, 2.05) is 13.8 Å². The number of rotatable bonds is 9. The molecular weight excluding hydrogens is 252 g/mol. The molecule has 6 heteroatoms. The van der Waals surface area contributed by atoms with Crippen molar-refractivity contribution in [2.24, 2.45) is 0 Å². The highest BCUT2D eigenvalue weighted by Gasteiger charge is 2.20. The third kappa shape index (κ3) is 4.80. The number of hydrogen-bond donors (Lipinski definition) is 1. The number of hydrogen-bond acceptors (Lipinski definition) is 4. The third-order valence-corrected chi connectivity index (χ3v) is 4.64. The van der Waals surface area contributed by atoms with Gasteiger partial charge in [-0.05, 0) is 31.6 Å². The number of nitrogens with zero attached hydrogens (tertiary/aromatic N) is 1. The zero-order valence-corrected chi connectivity index (χ0v) is 11.9. The van der Waals surface area contributed by atoms with Crippen LogP contribution in [0.2, 0.25) is 0 Å². The van der Waals surface area contributed by atoms with Crippen LogP contribution in [0, 0.1) is 0 Å². The monoisotopic (exact) mass is 274 g/mol. The topological polar surface area (TPSA) is 62.6 Å². The van der Waals surface area contributed by atoms with Crippen molar-refractivity contribution in [3.05, 3.63) is 24.2 Å². The van der Waals surface area contributed by atoms with Crippen LogP contribution >= 0.6 is 0 Å². The van der Waals surface area contributed by atoms with Crippen molar-refractivity contribution < 1.29 is 12.8 Å². The van der Waals surface area contributed by atoms with Crippen molar-refractivity contribution in [1.29, 1.82) is 0 Å². The number of nitrogens with one attached hydrogen (secondary N) is 1. The van der Waals surface area contributed by atoms with Gasteiger partial charge in [-0.1, -0.05) is 13.8 Å². The predicted octanol–water partition coefficient (Wildman–Crippen LogP) is 1.43. The lowest BCUT2D eigenvalue weighted by Gasteiger charge is -2.19. The van der Waals surface area contributed by atoms with E-state index in [4.69, 9.17) is 4.42 Å². The smallest absolute Gasteiger partial charge is 0.214 e. The maximum atomic E-state index is 12.1. The van der Waals surface area contributed by atoms with E-state index in [2.05, 4.69) is 5.32 Å². The second-order valence-electron chi connectivity index (χ2n) is 4.03. The minimum absolute atomic E-state index is 0.175. The molecule has 1 aromatic rings. The lowest BCUT2D eigenvalue weighted by atomic mass is 10.4. The molecule has 0 aliphatic carbocycles. The fourth-order valence-electron chi connectivity index (χ4n) is 1.67. The van der Waals surface area contributed by atoms with Crippen LogP contribution in [0.1, 0.15) is 26.0 Å². The molecule has 1 rings (SSSR count). The number of furan rings is 1. The molecule has 1 aromatic heterocycles. The summed E-state index contributed by atoms with van der Waals surface area (Å²) in [6.07, 6.45) is 2.19. The largest absolute Gasteiger partial charge is 0.468 e. The molecule has 0 saturated carbocycles. The molecule has 0 aliphatic rings. The van der Waals surface area contributed by atoms with E-state index in [0.29, 0.717) is 25.3 Å². The Balaban J connectivity index is 2.51. The highest BCUT2D eigenvalue weighted by Crippen LogP contribution is 2.10. The predicted molar refractivity (Wildman–Crippen MR) is 71.7 cm³/mol. The van der Waals surface area contributed by atoms with Crippen molar-refractivity contribution in [2.45, 2.75) is 26.8 Å². The Morgan fingerprint density at radius 2 is 2.17 bits per heavy atom. The molecule has 0 aromatic carbocycles. The van der Waals surface area contributed by atoms with Gasteiger partial charge in [-0.3, -0.25) is 0 Å². The van der Waals surface area contributed by atoms with E-state index in [1.54, 1.807) is 18.4 Å². The molecule has 0 unspecified atom stereocenters. The zero-order valence-electron chi connectivity index (χ0n) is 11.1. The molecule has 1 heterocycles. The van der Waals surface area contributed by atoms with Gasteiger partial charge in [0.2, 0.25) is 10.0 Å². The average molecular weight is 274 g/mol. The average Bonchev–Trinajstić information content (AvgIpc) is 2.84. The summed E-state index contributed by atoms with van der Waals surface area (Å²) < 4.78 is 30.9. The molecule has 1 N–H and O–H groups in total. The maximum Gasteiger partial charge on any atom is 0.214 e. The first-order chi connectivity index (χ1) is 8.60. The highest BCUT2D eigenvalue weighted by molar-refractivity contribution is 7.89. The maximum absolute atomic E-state index is 12.1. The summed E-state index contributed by atoms with van der Waals surface area (Å²) in [5.74, 6) is 0.848. The molecule has 0 amide bonds. The van der Waals surface area contributed by atoms with E-state index in [1.165, 1.54) is 4.31 Å². The van der Waals surface area contributed by atoms with Crippen LogP contribution in [-0.4, -0.2) is 38.1 Å². The Morgan fingerprint density at radius 3 is 2.72 bits per heavy atom. The molecule has 18 heavy (non-hydrogen) atoms. The van der Waals surface area contributed by atoms with Gasteiger partial charge >= 0.3 is 0 Å². The van der Waals surface area contributed by atoms with Gasteiger partial charge in [0, 0.05) is 6.54 Å². The molecule has 0 bridgehead atoms. The second-order valence-corrected chi connectivity index (χ2v) is 6.12. The van der Waals surface area contributed by atoms with E-state index >= 15 is 0 Å². The van der Waals surface area contributed by atoms with Crippen molar-refractivity contribution in [3.8, 4) is 0 Å². The Labute approximate surface area is 109 Å². The molecular formula is C12H22N2O3S. The third-order valence-electron chi connectivity index (χ3n) is 2.66. The highest BCUT2D eigenvalue weighted by atomic mass is 32.2. The summed E-state index contributed by atoms with van der Waals surface area (Å²) >= 11 is 0. The summed E-state index contributed by atoms with van der Waals surface area (Å²) in [6, 6.07) is 3.55. The summed E-state index contributed by atoms with van der Waals surface area (Å²) in [5, 5.41) is 3.12. The molecule has 104 valence electrons. The first-order valence-electron chi connectivity index (χ1n) is 6.31. The summed E-state index contributed by atoms with van der Waals surface area (Å²) in [5.41, 5.74) is 0. The summed E-state index contributed by atoms with van der Waals surface area (Å²) in [7, 11) is -3.20. The van der Waals surface area contributed by atoms with E-state index in [-0.39, 0.29) is 5.75 Å². The fourth-order valence-corrected chi connectivity index (χ4v) is 3.15. The second kappa shape index (κ2) is 7.56. The van der Waals surface area contributed by atoms with E-state index in [0.717, 1.165) is 13.1 Å². The van der Waals surface area contributed by atoms with Gasteiger partial charge in [-0.2, -0.15) is 4.31 Å². The van der Waals surface area contributed by atoms with Gasteiger partial charge in [0.1, 0.15) is 5.76 Å². The lowest BCUT2D eigenvalue weighted by molar-refractivity contribution is 0.375. The fraction of sp³-hybridized carbons (Fsp3) is 0.667. The Morgan fingerprint density at radius 1 is 1.39 bits per heavy atom. The van der Waals surface area contributed by atoms with Crippen LogP contribution < -0.4 is 5.32 Å². The molecule has 0 saturated heterocycles. The first-order valence-corrected chi connectivity index (χ1v) is 7.92. The molecule has 0 fully saturated rings. The molecule has 0 radical (unpaired) electrons. The molecule has 5 nitrogen and oxygen atoms in total. The van der Waals surface area contributed by atoms with Gasteiger partial charge in [-0.15, -0.1) is 0 Å². The minimum Gasteiger partial charge on any atom is -0.468 e. The van der Waals surface area contributed by atoms with Crippen LogP contribution in [0.5, 0.6) is 0 Å². The van der Waals surface area contributed by atoms with Gasteiger partial charge < -0.3 is 9.73 Å². The Bertz CT molecular complexity index is 415. The van der Waals surface area contributed by atoms with Crippen LogP contribution in [0.15, 0.2) is 22.8 Å². The zero-order chi connectivity index (χ0) is 13.4. The first kappa shape index (κ1) is 15.2. The van der Waals surface area contributed by atoms with Gasteiger partial charge in [-0.25, -0.2) is 8.42 Å². The van der Waals surface area contributed by atoms with Crippen LogP contribution in [0.4, 0.5) is 0 Å². The normalized spacial score (nSPS) is 12.2. The molecule has 0 atom stereocenters. The van der Waals surface area contributed by atoms with Crippen molar-refractivity contribution in [3.63, 3.8) is 0 Å². The minimum atomic E-state index is -3.20. The van der Waals surface area contributed by atoms with Crippen molar-refractivity contribution >= 4 is 10.0 Å². The van der Waals surface area contributed by atoms with Gasteiger partial charge in [0.25, 0.3) is 0 Å². The molecule has 0 spiro atoms. The van der Waals surface area contributed by atoms with Crippen molar-refractivity contribution in [2.75, 3.05) is 25.4 Å². The SMILES string of the molecule is CCNCCCS(=O)(=O)N(CC)Cc1ccco1. The van der Waals surface area contributed by atoms with Gasteiger partial charge in [0.05, 0.1) is 18.6 Å². The molecule has 0 aliphatic heterocycles. The van der Waals surface area contributed by atoms with Crippen LogP contribution in [0.3, 0.4) is 0 Å².